The average molecular weight is 290 g/mol. The van der Waals surface area contributed by atoms with Crippen LogP contribution >= 0.6 is 0 Å². The summed E-state index contributed by atoms with van der Waals surface area (Å²) >= 11 is 0. The van der Waals surface area contributed by atoms with E-state index in [1.54, 1.807) is 0 Å². The van der Waals surface area contributed by atoms with Crippen LogP contribution in [0.25, 0.3) is 0 Å². The first-order valence-electron chi connectivity index (χ1n) is 8.41. The smallest absolute Gasteiger partial charge is 0.0558 e. The second kappa shape index (κ2) is 8.52. The van der Waals surface area contributed by atoms with Crippen LogP contribution < -0.4 is 5.32 Å². The van der Waals surface area contributed by atoms with E-state index in [9.17, 15) is 5.11 Å². The van der Waals surface area contributed by atoms with Gasteiger partial charge in [0.05, 0.1) is 6.61 Å². The molecule has 2 unspecified atom stereocenters. The van der Waals surface area contributed by atoms with Crippen molar-refractivity contribution in [2.45, 2.75) is 51.6 Å². The molecule has 1 aromatic carbocycles. The minimum Gasteiger partial charge on any atom is -0.395 e. The summed E-state index contributed by atoms with van der Waals surface area (Å²) in [6, 6.07) is 9.94. The highest BCUT2D eigenvalue weighted by atomic mass is 16.3. The van der Waals surface area contributed by atoms with Crippen LogP contribution in [0.15, 0.2) is 24.3 Å². The van der Waals surface area contributed by atoms with Gasteiger partial charge in [0, 0.05) is 25.2 Å². The molecule has 1 aliphatic heterocycles. The highest BCUT2D eigenvalue weighted by molar-refractivity contribution is 5.25. The van der Waals surface area contributed by atoms with Crippen molar-refractivity contribution < 1.29 is 5.11 Å². The largest absolute Gasteiger partial charge is 0.395 e. The molecule has 1 saturated heterocycles. The highest BCUT2D eigenvalue weighted by Gasteiger charge is 2.21. The Labute approximate surface area is 129 Å². The van der Waals surface area contributed by atoms with Crippen molar-refractivity contribution in [1.29, 1.82) is 0 Å². The van der Waals surface area contributed by atoms with E-state index in [0.29, 0.717) is 12.1 Å². The number of aliphatic hydroxyl groups excluding tert-OH is 1. The summed E-state index contributed by atoms with van der Waals surface area (Å²) in [6.45, 7) is 7.60. The molecule has 1 aliphatic rings. The summed E-state index contributed by atoms with van der Waals surface area (Å²) in [5.74, 6) is 0. The van der Waals surface area contributed by atoms with Gasteiger partial charge in [0.2, 0.25) is 0 Å². The number of nitrogens with one attached hydrogen (secondary N) is 1. The fourth-order valence-corrected chi connectivity index (χ4v) is 3.23. The molecular formula is C18H30N2O. The Morgan fingerprint density at radius 2 is 2.10 bits per heavy atom. The SMILES string of the molecule is CCCc1ccc(C(C)N(CCO)CC2CCCN2)cc1. The van der Waals surface area contributed by atoms with Crippen LogP contribution in [0.3, 0.4) is 0 Å². The van der Waals surface area contributed by atoms with Crippen LogP contribution in [-0.4, -0.2) is 42.3 Å². The van der Waals surface area contributed by atoms with E-state index < -0.39 is 0 Å². The van der Waals surface area contributed by atoms with Gasteiger partial charge in [0.1, 0.15) is 0 Å². The van der Waals surface area contributed by atoms with Gasteiger partial charge < -0.3 is 10.4 Å². The molecule has 2 atom stereocenters. The van der Waals surface area contributed by atoms with E-state index >= 15 is 0 Å². The zero-order valence-corrected chi connectivity index (χ0v) is 13.5. The number of rotatable bonds is 8. The minimum atomic E-state index is 0.227. The molecule has 3 heteroatoms. The predicted octanol–water partition coefficient (Wildman–Crippen LogP) is 2.75. The maximum Gasteiger partial charge on any atom is 0.0558 e. The van der Waals surface area contributed by atoms with E-state index in [1.165, 1.54) is 30.4 Å². The molecule has 0 bridgehead atoms. The van der Waals surface area contributed by atoms with Crippen LogP contribution in [0, 0.1) is 0 Å². The van der Waals surface area contributed by atoms with Crippen molar-refractivity contribution in [2.75, 3.05) is 26.2 Å². The van der Waals surface area contributed by atoms with Crippen LogP contribution in [-0.2, 0) is 6.42 Å². The van der Waals surface area contributed by atoms with Crippen molar-refractivity contribution in [2.24, 2.45) is 0 Å². The van der Waals surface area contributed by atoms with Crippen molar-refractivity contribution >= 4 is 0 Å². The molecule has 0 spiro atoms. The third-order valence-electron chi connectivity index (χ3n) is 4.55. The lowest BCUT2D eigenvalue weighted by molar-refractivity contribution is 0.147. The molecule has 1 fully saturated rings. The fraction of sp³-hybridized carbons (Fsp3) is 0.667. The number of benzene rings is 1. The standard InChI is InChI=1S/C18H30N2O/c1-3-5-16-7-9-17(10-8-16)15(2)20(12-13-21)14-18-6-4-11-19-18/h7-10,15,18-19,21H,3-6,11-14H2,1-2H3. The summed E-state index contributed by atoms with van der Waals surface area (Å²) < 4.78 is 0. The Kier molecular flexibility index (Phi) is 6.68. The molecule has 0 saturated carbocycles. The Morgan fingerprint density at radius 3 is 2.67 bits per heavy atom. The molecule has 0 aromatic heterocycles. The van der Waals surface area contributed by atoms with Gasteiger partial charge >= 0.3 is 0 Å². The zero-order chi connectivity index (χ0) is 15.1. The summed E-state index contributed by atoms with van der Waals surface area (Å²) in [6.07, 6.45) is 4.88. The molecule has 118 valence electrons. The lowest BCUT2D eigenvalue weighted by Gasteiger charge is -2.31. The van der Waals surface area contributed by atoms with Gasteiger partial charge in [-0.15, -0.1) is 0 Å². The van der Waals surface area contributed by atoms with Crippen LogP contribution in [0.1, 0.15) is 50.3 Å². The second-order valence-electron chi connectivity index (χ2n) is 6.18. The van der Waals surface area contributed by atoms with Crippen LogP contribution in [0.2, 0.25) is 0 Å². The summed E-state index contributed by atoms with van der Waals surface area (Å²) in [4.78, 5) is 2.40. The monoisotopic (exact) mass is 290 g/mol. The Bertz CT molecular complexity index is 398. The third kappa shape index (κ3) is 4.80. The van der Waals surface area contributed by atoms with Crippen molar-refractivity contribution in [1.82, 2.24) is 10.2 Å². The summed E-state index contributed by atoms with van der Waals surface area (Å²) in [5.41, 5.74) is 2.76. The van der Waals surface area contributed by atoms with Crippen LogP contribution in [0.4, 0.5) is 0 Å². The predicted molar refractivity (Wildman–Crippen MR) is 88.5 cm³/mol. The molecule has 2 rings (SSSR count). The Hall–Kier alpha value is -0.900. The topological polar surface area (TPSA) is 35.5 Å². The number of hydrogen-bond donors (Lipinski definition) is 2. The summed E-state index contributed by atoms with van der Waals surface area (Å²) in [5, 5.41) is 12.9. The van der Waals surface area contributed by atoms with Crippen LogP contribution in [0.5, 0.6) is 0 Å². The first kappa shape index (κ1) is 16.5. The first-order chi connectivity index (χ1) is 10.2. The quantitative estimate of drug-likeness (QED) is 0.773. The molecule has 0 radical (unpaired) electrons. The number of nitrogens with zero attached hydrogens (tertiary/aromatic N) is 1. The molecule has 0 aliphatic carbocycles. The van der Waals surface area contributed by atoms with Gasteiger partial charge in [-0.1, -0.05) is 37.6 Å². The summed E-state index contributed by atoms with van der Waals surface area (Å²) in [7, 11) is 0. The zero-order valence-electron chi connectivity index (χ0n) is 13.5. The van der Waals surface area contributed by atoms with Crippen molar-refractivity contribution in [3.8, 4) is 0 Å². The number of hydrogen-bond acceptors (Lipinski definition) is 3. The van der Waals surface area contributed by atoms with Gasteiger partial charge in [-0.3, -0.25) is 4.90 Å². The highest BCUT2D eigenvalue weighted by Crippen LogP contribution is 2.22. The maximum atomic E-state index is 9.36. The Balaban J connectivity index is 2.00. The van der Waals surface area contributed by atoms with Gasteiger partial charge in [0.15, 0.2) is 0 Å². The van der Waals surface area contributed by atoms with E-state index in [-0.39, 0.29) is 6.61 Å². The molecule has 1 heterocycles. The third-order valence-corrected chi connectivity index (χ3v) is 4.55. The maximum absolute atomic E-state index is 9.36. The fourth-order valence-electron chi connectivity index (χ4n) is 3.23. The Morgan fingerprint density at radius 1 is 1.33 bits per heavy atom. The molecule has 0 amide bonds. The van der Waals surface area contributed by atoms with E-state index in [4.69, 9.17) is 0 Å². The van der Waals surface area contributed by atoms with Gasteiger partial charge in [-0.2, -0.15) is 0 Å². The van der Waals surface area contributed by atoms with Crippen molar-refractivity contribution in [3.05, 3.63) is 35.4 Å². The van der Waals surface area contributed by atoms with Gasteiger partial charge in [0.25, 0.3) is 0 Å². The first-order valence-corrected chi connectivity index (χ1v) is 8.41. The number of aliphatic hydroxyl groups is 1. The minimum absolute atomic E-state index is 0.227. The number of aryl methyl sites for hydroxylation is 1. The normalized spacial score (nSPS) is 20.1. The lowest BCUT2D eigenvalue weighted by Crippen LogP contribution is -2.40. The van der Waals surface area contributed by atoms with Gasteiger partial charge in [-0.25, -0.2) is 0 Å². The van der Waals surface area contributed by atoms with Gasteiger partial charge in [-0.05, 0) is 43.9 Å². The van der Waals surface area contributed by atoms with E-state index in [0.717, 1.165) is 26.1 Å². The second-order valence-corrected chi connectivity index (χ2v) is 6.18. The lowest BCUT2D eigenvalue weighted by atomic mass is 10.0. The van der Waals surface area contributed by atoms with E-state index in [2.05, 4.69) is 48.3 Å². The molecule has 3 nitrogen and oxygen atoms in total. The van der Waals surface area contributed by atoms with Crippen molar-refractivity contribution in [3.63, 3.8) is 0 Å². The molecule has 1 aromatic rings. The molecule has 21 heavy (non-hydrogen) atoms. The molecular weight excluding hydrogens is 260 g/mol. The average Bonchev–Trinajstić information content (AvgIpc) is 3.00. The van der Waals surface area contributed by atoms with E-state index in [1.807, 2.05) is 0 Å². The molecule has 2 N–H and O–H groups in total.